The van der Waals surface area contributed by atoms with E-state index in [-0.39, 0.29) is 5.21 Å². The van der Waals surface area contributed by atoms with Crippen LogP contribution in [0.3, 0.4) is 0 Å². The van der Waals surface area contributed by atoms with Gasteiger partial charge < -0.3 is 0 Å². The Morgan fingerprint density at radius 3 is 2.00 bits per heavy atom. The van der Waals surface area contributed by atoms with E-state index >= 15 is 0 Å². The van der Waals surface area contributed by atoms with Crippen molar-refractivity contribution in [1.82, 2.24) is 0 Å². The van der Waals surface area contributed by atoms with Crippen molar-refractivity contribution in [3.8, 4) is 0 Å². The summed E-state index contributed by atoms with van der Waals surface area (Å²) in [6, 6.07) is 0. The molecule has 0 aliphatic rings. The lowest BCUT2D eigenvalue weighted by Crippen LogP contribution is -2.24. The summed E-state index contributed by atoms with van der Waals surface area (Å²) in [7, 11) is 11.1. The average molecular weight is 100 g/mol. The second kappa shape index (κ2) is 3.32. The van der Waals surface area contributed by atoms with Crippen molar-refractivity contribution in [2.24, 2.45) is 0 Å². The monoisotopic (exact) mass is 101 g/mol. The molecule has 0 bridgehead atoms. The fraction of sp³-hybridized carbons (Fsp3) is 1.00. The van der Waals surface area contributed by atoms with Crippen molar-refractivity contribution in [3.63, 3.8) is 0 Å². The lowest BCUT2D eigenvalue weighted by atomic mass is 9.17. The molecule has 0 aliphatic heterocycles. The van der Waals surface area contributed by atoms with Gasteiger partial charge in [-0.25, -0.2) is 0 Å². The fourth-order valence-corrected chi connectivity index (χ4v) is 0.485. The van der Waals surface area contributed by atoms with Crippen molar-refractivity contribution in [3.05, 3.63) is 0 Å². The normalized spacial score (nSPS) is 10.4. The van der Waals surface area contributed by atoms with E-state index in [1.165, 1.54) is 0 Å². The Morgan fingerprint density at radius 1 is 1.38 bits per heavy atom. The number of hydrogen-bond donors (Lipinski definition) is 0. The van der Waals surface area contributed by atoms with Gasteiger partial charge in [-0.3, -0.25) is 0 Å². The SMILES string of the molecule is [B][B]C(C)(C)[B][B]C. The fourth-order valence-electron chi connectivity index (χ4n) is 0.485. The van der Waals surface area contributed by atoms with E-state index in [1.807, 2.05) is 14.0 Å². The van der Waals surface area contributed by atoms with Crippen LogP contribution < -0.4 is 0 Å². The summed E-state index contributed by atoms with van der Waals surface area (Å²) >= 11 is 0. The summed E-state index contributed by atoms with van der Waals surface area (Å²) in [5.41, 5.74) is 0. The molecule has 0 spiro atoms. The molecule has 8 heavy (non-hydrogen) atoms. The van der Waals surface area contributed by atoms with Gasteiger partial charge in [0.1, 0.15) is 0 Å². The Balaban J connectivity index is 3.37. The van der Waals surface area contributed by atoms with Gasteiger partial charge in [-0.15, -0.1) is 5.21 Å². The maximum atomic E-state index is 5.32. The van der Waals surface area contributed by atoms with E-state index in [0.29, 0.717) is 0 Å². The molecule has 0 amide bonds. The molecule has 0 N–H and O–H groups in total. The summed E-state index contributed by atoms with van der Waals surface area (Å²) in [5, 5.41) is 0.0642. The minimum atomic E-state index is 0.0642. The number of rotatable bonds is 3. The maximum absolute atomic E-state index is 5.32. The van der Waals surface area contributed by atoms with Gasteiger partial charge in [0.15, 0.2) is 0 Å². The lowest BCUT2D eigenvalue weighted by Gasteiger charge is -2.19. The minimum absolute atomic E-state index is 0.0642. The minimum Gasteiger partial charge on any atom is -0.105 e. The molecule has 0 saturated carbocycles. The Kier molecular flexibility index (Phi) is 3.43. The summed E-state index contributed by atoms with van der Waals surface area (Å²) in [6.07, 6.45) is 0. The Morgan fingerprint density at radius 2 is 1.88 bits per heavy atom. The maximum Gasteiger partial charge on any atom is 0.0611 e. The van der Waals surface area contributed by atoms with Gasteiger partial charge in [-0.1, -0.05) is 20.7 Å². The Bertz CT molecular complexity index is 61.1. The van der Waals surface area contributed by atoms with E-state index in [1.54, 1.807) is 7.17 Å². The first-order valence-corrected chi connectivity index (χ1v) is 2.82. The van der Waals surface area contributed by atoms with Gasteiger partial charge in [-0.05, 0) is 0 Å². The molecule has 0 aromatic heterocycles. The zero-order valence-corrected chi connectivity index (χ0v) is 5.81. The van der Waals surface area contributed by atoms with Gasteiger partial charge in [0.25, 0.3) is 0 Å². The Hall–Kier alpha value is 0.260. The van der Waals surface area contributed by atoms with E-state index < -0.39 is 0 Å². The molecule has 0 rings (SSSR count). The first kappa shape index (κ1) is 8.26. The molecule has 0 aromatic carbocycles. The topological polar surface area (TPSA) is 0 Å². The molecule has 0 fully saturated rings. The zero-order valence-electron chi connectivity index (χ0n) is 5.81. The van der Waals surface area contributed by atoms with Gasteiger partial charge in [0.05, 0.1) is 21.5 Å². The average Bonchev–Trinajstić information content (AvgIpc) is 1.67. The third kappa shape index (κ3) is 3.29. The molecule has 0 nitrogen and oxygen atoms in total. The van der Waals surface area contributed by atoms with Gasteiger partial charge in [-0.2, -0.15) is 0 Å². The van der Waals surface area contributed by atoms with Crippen LogP contribution in [0.5, 0.6) is 0 Å². The lowest BCUT2D eigenvalue weighted by molar-refractivity contribution is 0.961. The third-order valence-corrected chi connectivity index (χ3v) is 1.03. The van der Waals surface area contributed by atoms with E-state index in [2.05, 4.69) is 21.0 Å². The highest BCUT2D eigenvalue weighted by Gasteiger charge is 2.13. The molecular weight excluding hydrogens is 91.3 g/mol. The van der Waals surface area contributed by atoms with Gasteiger partial charge >= 0.3 is 0 Å². The predicted molar refractivity (Wildman–Crippen MR) is 42.9 cm³/mol. The van der Waals surface area contributed by atoms with Crippen molar-refractivity contribution in [2.45, 2.75) is 25.9 Å². The molecule has 0 unspecified atom stereocenters. The van der Waals surface area contributed by atoms with Crippen LogP contribution in [0.25, 0.3) is 0 Å². The standard InChI is InChI=1S/C4H9B4/c1-4(2,7-5)8-6-3/h1-3H3. The second-order valence-corrected chi connectivity index (χ2v) is 2.49. The van der Waals surface area contributed by atoms with Crippen molar-refractivity contribution >= 4 is 29.2 Å². The molecular formula is C4H9B4. The second-order valence-electron chi connectivity index (χ2n) is 2.49. The van der Waals surface area contributed by atoms with Crippen LogP contribution in [-0.4, -0.2) is 29.2 Å². The molecule has 5 radical (unpaired) electrons. The van der Waals surface area contributed by atoms with Crippen LogP contribution in [0.1, 0.15) is 13.8 Å². The molecule has 0 atom stereocenters. The zero-order chi connectivity index (χ0) is 6.62. The highest BCUT2D eigenvalue weighted by atomic mass is 13.9. The Labute approximate surface area is 55.9 Å². The van der Waals surface area contributed by atoms with Crippen molar-refractivity contribution in [2.75, 3.05) is 0 Å². The largest absolute Gasteiger partial charge is 0.105 e. The summed E-state index contributed by atoms with van der Waals surface area (Å²) < 4.78 is 0. The molecule has 37 valence electrons. The van der Waals surface area contributed by atoms with Crippen molar-refractivity contribution < 1.29 is 0 Å². The van der Waals surface area contributed by atoms with Crippen molar-refractivity contribution in [1.29, 1.82) is 0 Å². The summed E-state index contributed by atoms with van der Waals surface area (Å²) in [4.78, 5) is 0. The van der Waals surface area contributed by atoms with E-state index in [4.69, 9.17) is 7.74 Å². The summed E-state index contributed by atoms with van der Waals surface area (Å²) in [5.74, 6) is 0. The molecule has 4 heteroatoms. The molecule has 0 heterocycles. The van der Waals surface area contributed by atoms with Crippen LogP contribution in [0.4, 0.5) is 0 Å². The highest BCUT2D eigenvalue weighted by Crippen LogP contribution is 2.16. The first-order chi connectivity index (χ1) is 3.62. The number of hydrogen-bond acceptors (Lipinski definition) is 0. The first-order valence-electron chi connectivity index (χ1n) is 2.82. The molecule has 0 saturated heterocycles. The van der Waals surface area contributed by atoms with E-state index in [0.717, 1.165) is 0 Å². The quantitative estimate of drug-likeness (QED) is 0.448. The molecule has 0 aliphatic carbocycles. The van der Waals surface area contributed by atoms with Crippen LogP contribution in [0.15, 0.2) is 0 Å². The van der Waals surface area contributed by atoms with Crippen LogP contribution >= 0.6 is 0 Å². The predicted octanol–water partition coefficient (Wildman–Crippen LogP) is 0.302. The summed E-state index contributed by atoms with van der Waals surface area (Å²) in [6.45, 7) is 6.12. The van der Waals surface area contributed by atoms with Crippen LogP contribution in [0.2, 0.25) is 12.0 Å². The third-order valence-electron chi connectivity index (χ3n) is 1.03. The van der Waals surface area contributed by atoms with E-state index in [9.17, 15) is 0 Å². The van der Waals surface area contributed by atoms with Gasteiger partial charge in [0.2, 0.25) is 0 Å². The van der Waals surface area contributed by atoms with Crippen LogP contribution in [0, 0.1) is 0 Å². The highest BCUT2D eigenvalue weighted by molar-refractivity contribution is 7.10. The smallest absolute Gasteiger partial charge is 0.0611 e. The van der Waals surface area contributed by atoms with Gasteiger partial charge in [0, 0.05) is 7.74 Å². The molecule has 0 aromatic rings. The van der Waals surface area contributed by atoms with Crippen LogP contribution in [-0.2, 0) is 0 Å².